The Labute approximate surface area is 112 Å². The van der Waals surface area contributed by atoms with Gasteiger partial charge in [-0.1, -0.05) is 61.0 Å². The summed E-state index contributed by atoms with van der Waals surface area (Å²) in [6, 6.07) is 8.11. The molecule has 0 aliphatic carbocycles. The summed E-state index contributed by atoms with van der Waals surface area (Å²) in [6.07, 6.45) is 1.25. The first-order chi connectivity index (χ1) is 7.59. The third-order valence-corrected chi connectivity index (χ3v) is 4.81. The van der Waals surface area contributed by atoms with Gasteiger partial charge in [-0.15, -0.1) is 0 Å². The van der Waals surface area contributed by atoms with Gasteiger partial charge in [-0.25, -0.2) is 8.42 Å². The van der Waals surface area contributed by atoms with Crippen LogP contribution in [0.2, 0.25) is 0 Å². The predicted octanol–water partition coefficient (Wildman–Crippen LogP) is 3.46. The van der Waals surface area contributed by atoms with Crippen LogP contribution in [0.4, 0.5) is 0 Å². The Hall–Kier alpha value is -0.350. The molecule has 0 aliphatic heterocycles. The van der Waals surface area contributed by atoms with Crippen LogP contribution in [0.1, 0.15) is 36.7 Å². The highest BCUT2D eigenvalue weighted by Crippen LogP contribution is 2.28. The summed E-state index contributed by atoms with van der Waals surface area (Å²) in [5, 5.41) is 0. The average Bonchev–Trinajstić information content (AvgIpc) is 2.14. The fourth-order valence-corrected chi connectivity index (χ4v) is 4.02. The van der Waals surface area contributed by atoms with E-state index in [1.807, 2.05) is 12.1 Å². The highest BCUT2D eigenvalue weighted by molar-refractivity contribution is 9.09. The molecule has 0 aromatic heterocycles. The summed E-state index contributed by atoms with van der Waals surface area (Å²) < 4.78 is 22.4. The van der Waals surface area contributed by atoms with Crippen molar-refractivity contribution in [2.45, 2.75) is 31.0 Å². The molecule has 0 fully saturated rings. The average molecular weight is 319 g/mol. The summed E-state index contributed by atoms with van der Waals surface area (Å²) in [4.78, 5) is -0.133. The first kappa shape index (κ1) is 14.7. The molecule has 2 nitrogen and oxygen atoms in total. The lowest BCUT2D eigenvalue weighted by Crippen LogP contribution is -2.12. The Morgan fingerprint density at radius 3 is 2.00 bits per heavy atom. The number of sulfone groups is 1. The van der Waals surface area contributed by atoms with E-state index in [1.165, 1.54) is 11.8 Å². The van der Waals surface area contributed by atoms with Crippen molar-refractivity contribution in [1.29, 1.82) is 0 Å². The molecule has 0 spiro atoms. The normalized spacial score (nSPS) is 14.6. The van der Waals surface area contributed by atoms with Gasteiger partial charge in [0.15, 0.2) is 0 Å². The Kier molecular flexibility index (Phi) is 4.42. The monoisotopic (exact) mass is 318 g/mol. The number of rotatable bonds is 3. The van der Waals surface area contributed by atoms with Gasteiger partial charge in [0.1, 0.15) is 9.84 Å². The molecule has 0 saturated heterocycles. The molecule has 96 valence electrons. The smallest absolute Gasteiger partial charge is 0.148 e. The molecule has 1 aromatic carbocycles. The van der Waals surface area contributed by atoms with Crippen molar-refractivity contribution in [3.05, 3.63) is 35.4 Å². The number of hydrogen-bond donors (Lipinski definition) is 0. The largest absolute Gasteiger partial charge is 0.229 e. The van der Waals surface area contributed by atoms with E-state index in [-0.39, 0.29) is 16.0 Å². The Morgan fingerprint density at radius 1 is 1.18 bits per heavy atom. The molecule has 0 saturated carbocycles. The maximum Gasteiger partial charge on any atom is 0.148 e. The zero-order chi connectivity index (χ0) is 13.3. The van der Waals surface area contributed by atoms with Crippen molar-refractivity contribution < 1.29 is 8.42 Å². The first-order valence-corrected chi connectivity index (χ1v) is 8.49. The molecule has 0 heterocycles. The molecule has 1 atom stereocenters. The summed E-state index contributed by atoms with van der Waals surface area (Å²) in [5.74, 6) is 0.127. The molecule has 0 amide bonds. The third kappa shape index (κ3) is 4.80. The van der Waals surface area contributed by atoms with Crippen molar-refractivity contribution >= 4 is 25.8 Å². The summed E-state index contributed by atoms with van der Waals surface area (Å²) in [6.45, 7) is 6.47. The second kappa shape index (κ2) is 5.11. The van der Waals surface area contributed by atoms with Crippen LogP contribution in [0.15, 0.2) is 24.3 Å². The molecule has 0 radical (unpaired) electrons. The zero-order valence-corrected chi connectivity index (χ0v) is 13.1. The second-order valence-electron chi connectivity index (χ2n) is 5.43. The van der Waals surface area contributed by atoms with E-state index in [0.29, 0.717) is 0 Å². The molecule has 0 aliphatic rings. The van der Waals surface area contributed by atoms with E-state index >= 15 is 0 Å². The van der Waals surface area contributed by atoms with Gasteiger partial charge in [-0.2, -0.15) is 0 Å². The number of alkyl halides is 1. The molecule has 1 aromatic rings. The lowest BCUT2D eigenvalue weighted by molar-refractivity contribution is 0.589. The molecule has 0 bridgehead atoms. The van der Waals surface area contributed by atoms with Gasteiger partial charge < -0.3 is 0 Å². The van der Waals surface area contributed by atoms with Crippen LogP contribution in [-0.2, 0) is 15.3 Å². The van der Waals surface area contributed by atoms with Gasteiger partial charge in [-0.05, 0) is 16.5 Å². The highest BCUT2D eigenvalue weighted by Gasteiger charge is 2.16. The van der Waals surface area contributed by atoms with Crippen molar-refractivity contribution in [3.63, 3.8) is 0 Å². The second-order valence-corrected chi connectivity index (χ2v) is 8.72. The van der Waals surface area contributed by atoms with Crippen LogP contribution in [0, 0.1) is 0 Å². The van der Waals surface area contributed by atoms with Crippen molar-refractivity contribution in [1.82, 2.24) is 0 Å². The number of benzene rings is 1. The van der Waals surface area contributed by atoms with Gasteiger partial charge in [0, 0.05) is 6.26 Å². The number of hydrogen-bond acceptors (Lipinski definition) is 2. The standard InChI is InChI=1S/C13H19BrO2S/c1-13(2,3)11-7-5-10(6-8-11)12(14)9-17(4,15)16/h5-8,12H,9H2,1-4H3. The summed E-state index contributed by atoms with van der Waals surface area (Å²) in [7, 11) is -2.96. The maximum atomic E-state index is 11.2. The van der Waals surface area contributed by atoms with E-state index in [0.717, 1.165) is 5.56 Å². The highest BCUT2D eigenvalue weighted by atomic mass is 79.9. The summed E-state index contributed by atoms with van der Waals surface area (Å²) >= 11 is 3.42. The lowest BCUT2D eigenvalue weighted by Gasteiger charge is -2.19. The Bertz CT molecular complexity index is 469. The minimum Gasteiger partial charge on any atom is -0.229 e. The zero-order valence-electron chi connectivity index (χ0n) is 10.7. The number of halogens is 1. The van der Waals surface area contributed by atoms with Crippen LogP contribution in [0.3, 0.4) is 0 Å². The van der Waals surface area contributed by atoms with Crippen molar-refractivity contribution in [3.8, 4) is 0 Å². The van der Waals surface area contributed by atoms with Gasteiger partial charge >= 0.3 is 0 Å². The quantitative estimate of drug-likeness (QED) is 0.800. The van der Waals surface area contributed by atoms with Gasteiger partial charge in [0.2, 0.25) is 0 Å². The van der Waals surface area contributed by atoms with E-state index < -0.39 is 9.84 Å². The van der Waals surface area contributed by atoms with Gasteiger partial charge in [-0.3, -0.25) is 0 Å². The van der Waals surface area contributed by atoms with Gasteiger partial charge in [0.05, 0.1) is 10.6 Å². The van der Waals surface area contributed by atoms with Crippen molar-refractivity contribution in [2.24, 2.45) is 0 Å². The van der Waals surface area contributed by atoms with Crippen LogP contribution in [-0.4, -0.2) is 20.4 Å². The minimum atomic E-state index is -2.96. The maximum absolute atomic E-state index is 11.2. The first-order valence-electron chi connectivity index (χ1n) is 5.52. The third-order valence-electron chi connectivity index (χ3n) is 2.59. The van der Waals surface area contributed by atoms with Crippen LogP contribution in [0.25, 0.3) is 0 Å². The van der Waals surface area contributed by atoms with Crippen molar-refractivity contribution in [2.75, 3.05) is 12.0 Å². The predicted molar refractivity (Wildman–Crippen MR) is 76.5 cm³/mol. The fourth-order valence-electron chi connectivity index (χ4n) is 1.55. The molecule has 1 rings (SSSR count). The van der Waals surface area contributed by atoms with Crippen LogP contribution < -0.4 is 0 Å². The minimum absolute atomic E-state index is 0.122. The van der Waals surface area contributed by atoms with E-state index in [1.54, 1.807) is 0 Å². The lowest BCUT2D eigenvalue weighted by atomic mass is 9.86. The van der Waals surface area contributed by atoms with E-state index in [2.05, 4.69) is 48.8 Å². The van der Waals surface area contributed by atoms with Crippen LogP contribution >= 0.6 is 15.9 Å². The van der Waals surface area contributed by atoms with E-state index in [4.69, 9.17) is 0 Å². The van der Waals surface area contributed by atoms with E-state index in [9.17, 15) is 8.42 Å². The molecule has 4 heteroatoms. The van der Waals surface area contributed by atoms with Crippen LogP contribution in [0.5, 0.6) is 0 Å². The Balaban J connectivity index is 2.88. The molecule has 17 heavy (non-hydrogen) atoms. The topological polar surface area (TPSA) is 34.1 Å². The van der Waals surface area contributed by atoms with Gasteiger partial charge in [0.25, 0.3) is 0 Å². The summed E-state index contributed by atoms with van der Waals surface area (Å²) in [5.41, 5.74) is 2.38. The SMILES string of the molecule is CC(C)(C)c1ccc(C(Br)CS(C)(=O)=O)cc1. The Morgan fingerprint density at radius 2 is 1.65 bits per heavy atom. The molecule has 0 N–H and O–H groups in total. The molecular weight excluding hydrogens is 300 g/mol. The molecule has 1 unspecified atom stereocenters. The fraction of sp³-hybridized carbons (Fsp3) is 0.538. The molecular formula is C13H19BrO2S.